The molecule has 0 aromatic rings. The monoisotopic (exact) mass is 637 g/mol. The van der Waals surface area contributed by atoms with E-state index in [4.69, 9.17) is 5.11 Å². The van der Waals surface area contributed by atoms with Crippen molar-refractivity contribution in [3.05, 3.63) is 0 Å². The van der Waals surface area contributed by atoms with Crippen LogP contribution in [0, 0.1) is 17.3 Å². The summed E-state index contributed by atoms with van der Waals surface area (Å²) in [5.74, 6) is 0.256. The van der Waals surface area contributed by atoms with Crippen LogP contribution < -0.4 is 0 Å². The largest absolute Gasteiger partial charge is 0.481 e. The molecule has 0 aromatic heterocycles. The van der Waals surface area contributed by atoms with E-state index in [0.717, 1.165) is 50.4 Å². The predicted molar refractivity (Wildman–Crippen MR) is 195 cm³/mol. The zero-order valence-electron chi connectivity index (χ0n) is 31.0. The highest BCUT2D eigenvalue weighted by Gasteiger charge is 2.36. The van der Waals surface area contributed by atoms with Gasteiger partial charge < -0.3 is 10.2 Å². The number of hydrogen-bond acceptors (Lipinski definition) is 2. The molecule has 0 saturated carbocycles. The van der Waals surface area contributed by atoms with E-state index in [1.165, 1.54) is 141 Å². The van der Waals surface area contributed by atoms with Crippen LogP contribution in [0.15, 0.2) is 0 Å². The third-order valence-corrected chi connectivity index (χ3v) is 10.1. The van der Waals surface area contributed by atoms with E-state index in [2.05, 4.69) is 27.7 Å². The number of aliphatic carboxylic acids is 2. The fraction of sp³-hybridized carbons (Fsp3) is 0.951. The summed E-state index contributed by atoms with van der Waals surface area (Å²) in [5.41, 5.74) is -0.664. The minimum atomic E-state index is -0.779. The second-order valence-corrected chi connectivity index (χ2v) is 15.5. The second kappa shape index (κ2) is 31.5. The lowest BCUT2D eigenvalue weighted by Crippen LogP contribution is -2.31. The van der Waals surface area contributed by atoms with Crippen molar-refractivity contribution in [2.24, 2.45) is 17.3 Å². The van der Waals surface area contributed by atoms with Gasteiger partial charge in [-0.25, -0.2) is 0 Å². The summed E-state index contributed by atoms with van der Waals surface area (Å²) in [6, 6.07) is 0. The van der Waals surface area contributed by atoms with Crippen molar-refractivity contribution >= 4 is 11.9 Å². The zero-order valence-corrected chi connectivity index (χ0v) is 31.0. The van der Waals surface area contributed by atoms with Crippen molar-refractivity contribution in [3.63, 3.8) is 0 Å². The van der Waals surface area contributed by atoms with E-state index < -0.39 is 17.4 Å². The number of rotatable bonds is 36. The lowest BCUT2D eigenvalue weighted by atomic mass is 9.74. The molecule has 0 heterocycles. The summed E-state index contributed by atoms with van der Waals surface area (Å²) in [4.78, 5) is 23.6. The Morgan fingerprint density at radius 3 is 0.889 bits per heavy atom. The molecule has 0 atom stereocenters. The Labute approximate surface area is 281 Å². The minimum Gasteiger partial charge on any atom is -0.481 e. The van der Waals surface area contributed by atoms with E-state index in [-0.39, 0.29) is 6.42 Å². The molecule has 4 nitrogen and oxygen atoms in total. The predicted octanol–water partition coefficient (Wildman–Crippen LogP) is 13.9. The Morgan fingerprint density at radius 1 is 0.400 bits per heavy atom. The summed E-state index contributed by atoms with van der Waals surface area (Å²) in [6.07, 6.45) is 37.4. The fourth-order valence-corrected chi connectivity index (χ4v) is 7.00. The third kappa shape index (κ3) is 30.0. The molecule has 0 unspecified atom stereocenters. The average Bonchev–Trinajstić information content (AvgIpc) is 2.98. The normalized spacial score (nSPS) is 12.0. The Balaban J connectivity index is 4.15. The molecule has 2 N–H and O–H groups in total. The van der Waals surface area contributed by atoms with Crippen molar-refractivity contribution in [2.75, 3.05) is 0 Å². The Hall–Kier alpha value is -1.06. The van der Waals surface area contributed by atoms with Crippen molar-refractivity contribution in [1.82, 2.24) is 0 Å². The number of carbonyl (C=O) groups is 2. The summed E-state index contributed by atoms with van der Waals surface area (Å²) in [7, 11) is 0. The van der Waals surface area contributed by atoms with Crippen LogP contribution in [0.2, 0.25) is 0 Å². The zero-order chi connectivity index (χ0) is 33.4. The summed E-state index contributed by atoms with van der Waals surface area (Å²) < 4.78 is 0. The second-order valence-electron chi connectivity index (χ2n) is 15.5. The van der Waals surface area contributed by atoms with Crippen LogP contribution in [-0.4, -0.2) is 22.2 Å². The van der Waals surface area contributed by atoms with Crippen molar-refractivity contribution in [2.45, 2.75) is 233 Å². The summed E-state index contributed by atoms with van der Waals surface area (Å²) in [6.45, 7) is 9.26. The van der Waals surface area contributed by atoms with E-state index in [1.54, 1.807) is 0 Å². The molecule has 0 fully saturated rings. The first kappa shape index (κ1) is 43.9. The van der Waals surface area contributed by atoms with Crippen LogP contribution in [0.5, 0.6) is 0 Å². The van der Waals surface area contributed by atoms with E-state index >= 15 is 0 Å². The Morgan fingerprint density at radius 2 is 0.644 bits per heavy atom. The SMILES string of the molecule is CC(C)CCCCCCCCCCCCCCC(CCCCCCCCCCCCCCC(C)C)(CCCCC(=O)O)C(=O)O. The van der Waals surface area contributed by atoms with Gasteiger partial charge >= 0.3 is 11.9 Å². The first-order chi connectivity index (χ1) is 21.7. The van der Waals surface area contributed by atoms with Crippen LogP contribution in [-0.2, 0) is 9.59 Å². The van der Waals surface area contributed by atoms with Gasteiger partial charge in [0.25, 0.3) is 0 Å². The van der Waals surface area contributed by atoms with Gasteiger partial charge in [0, 0.05) is 6.42 Å². The third-order valence-electron chi connectivity index (χ3n) is 10.1. The molecule has 0 radical (unpaired) electrons. The van der Waals surface area contributed by atoms with Crippen LogP contribution in [0.1, 0.15) is 233 Å². The lowest BCUT2D eigenvalue weighted by Gasteiger charge is -2.30. The molecule has 0 aliphatic carbocycles. The maximum Gasteiger partial charge on any atom is 0.309 e. The lowest BCUT2D eigenvalue weighted by molar-refractivity contribution is -0.150. The number of hydrogen-bond donors (Lipinski definition) is 2. The minimum absolute atomic E-state index is 0.145. The maximum atomic E-state index is 12.6. The molecule has 0 aliphatic rings. The number of carboxylic acids is 2. The molecule has 0 bridgehead atoms. The standard InChI is InChI=1S/C41H80O4/c1-37(2)31-25-21-17-13-9-5-7-11-15-19-23-28-34-41(40(44)45,36-30-27-33-39(42)43)35-29-24-20-16-12-8-6-10-14-18-22-26-32-38(3)4/h37-38H,5-36H2,1-4H3,(H,42,43)(H,44,45). The van der Waals surface area contributed by atoms with Gasteiger partial charge in [0.2, 0.25) is 0 Å². The molecule has 0 rings (SSSR count). The molecule has 0 amide bonds. The van der Waals surface area contributed by atoms with Crippen molar-refractivity contribution < 1.29 is 19.8 Å². The van der Waals surface area contributed by atoms with Crippen LogP contribution in [0.4, 0.5) is 0 Å². The van der Waals surface area contributed by atoms with Crippen molar-refractivity contribution in [1.29, 1.82) is 0 Å². The van der Waals surface area contributed by atoms with Crippen LogP contribution in [0.25, 0.3) is 0 Å². The molecule has 4 heteroatoms. The van der Waals surface area contributed by atoms with Gasteiger partial charge in [0.15, 0.2) is 0 Å². The van der Waals surface area contributed by atoms with E-state index in [1.807, 2.05) is 0 Å². The maximum absolute atomic E-state index is 12.6. The van der Waals surface area contributed by atoms with Crippen LogP contribution in [0.3, 0.4) is 0 Å². The molecule has 0 aliphatic heterocycles. The molecule has 0 spiro atoms. The van der Waals surface area contributed by atoms with Crippen molar-refractivity contribution in [3.8, 4) is 0 Å². The fourth-order valence-electron chi connectivity index (χ4n) is 7.00. The molecule has 0 saturated heterocycles. The first-order valence-corrected chi connectivity index (χ1v) is 20.1. The summed E-state index contributed by atoms with van der Waals surface area (Å²) >= 11 is 0. The van der Waals surface area contributed by atoms with E-state index in [9.17, 15) is 14.7 Å². The van der Waals surface area contributed by atoms with Gasteiger partial charge in [-0.2, -0.15) is 0 Å². The van der Waals surface area contributed by atoms with E-state index in [0.29, 0.717) is 19.3 Å². The molecule has 0 aromatic carbocycles. The highest BCUT2D eigenvalue weighted by Crippen LogP contribution is 2.38. The average molecular weight is 637 g/mol. The van der Waals surface area contributed by atoms with Gasteiger partial charge in [-0.3, -0.25) is 9.59 Å². The Kier molecular flexibility index (Phi) is 30.8. The highest BCUT2D eigenvalue weighted by molar-refractivity contribution is 5.74. The molecule has 268 valence electrons. The topological polar surface area (TPSA) is 74.6 Å². The summed E-state index contributed by atoms with van der Waals surface area (Å²) in [5, 5.41) is 19.4. The van der Waals surface area contributed by atoms with Gasteiger partial charge in [0.1, 0.15) is 0 Å². The molecular weight excluding hydrogens is 556 g/mol. The van der Waals surface area contributed by atoms with Gasteiger partial charge in [0.05, 0.1) is 5.41 Å². The van der Waals surface area contributed by atoms with Gasteiger partial charge in [-0.1, -0.05) is 201 Å². The van der Waals surface area contributed by atoms with Gasteiger partial charge in [-0.15, -0.1) is 0 Å². The highest BCUT2D eigenvalue weighted by atomic mass is 16.4. The number of unbranched alkanes of at least 4 members (excludes halogenated alkanes) is 23. The smallest absolute Gasteiger partial charge is 0.309 e. The van der Waals surface area contributed by atoms with Crippen LogP contribution >= 0.6 is 0 Å². The first-order valence-electron chi connectivity index (χ1n) is 20.1. The quantitative estimate of drug-likeness (QED) is 0.0671. The van der Waals surface area contributed by atoms with Gasteiger partial charge in [-0.05, 0) is 37.5 Å². The molecule has 45 heavy (non-hydrogen) atoms. The Bertz CT molecular complexity index is 620. The number of carboxylic acid groups (broad SMARTS) is 2. The molecular formula is C41H80O4.